The normalized spacial score (nSPS) is 11.6. The number of aryl methyl sites for hydroxylation is 1. The molecule has 0 N–H and O–H groups in total. The molecule has 0 saturated carbocycles. The monoisotopic (exact) mass is 419 g/mol. The maximum atomic E-state index is 12.8. The molecular formula is C20H22ClN3O3S. The number of hydrogen-bond acceptors (Lipinski definition) is 5. The van der Waals surface area contributed by atoms with Gasteiger partial charge in [-0.25, -0.2) is 4.68 Å². The number of esters is 1. The summed E-state index contributed by atoms with van der Waals surface area (Å²) in [6.45, 7) is 7.16. The summed E-state index contributed by atoms with van der Waals surface area (Å²) in [6, 6.07) is 9.23. The van der Waals surface area contributed by atoms with Crippen LogP contribution in [0.15, 0.2) is 30.3 Å². The molecule has 28 heavy (non-hydrogen) atoms. The maximum Gasteiger partial charge on any atom is 0.326 e. The van der Waals surface area contributed by atoms with Crippen LogP contribution in [0.3, 0.4) is 0 Å². The minimum Gasteiger partial charge on any atom is -0.459 e. The van der Waals surface area contributed by atoms with Gasteiger partial charge < -0.3 is 9.64 Å². The predicted molar refractivity (Wildman–Crippen MR) is 111 cm³/mol. The third-order valence-corrected chi connectivity index (χ3v) is 5.39. The lowest BCUT2D eigenvalue weighted by molar-refractivity contribution is -0.155. The lowest BCUT2D eigenvalue weighted by Gasteiger charge is -2.22. The number of amides is 1. The highest BCUT2D eigenvalue weighted by atomic mass is 35.5. The van der Waals surface area contributed by atoms with E-state index in [1.807, 2.05) is 31.2 Å². The van der Waals surface area contributed by atoms with Crippen LogP contribution in [-0.4, -0.2) is 45.8 Å². The van der Waals surface area contributed by atoms with Gasteiger partial charge in [-0.3, -0.25) is 9.59 Å². The van der Waals surface area contributed by atoms with Crippen molar-refractivity contribution in [2.75, 3.05) is 13.6 Å². The van der Waals surface area contributed by atoms with Gasteiger partial charge in [0.2, 0.25) is 0 Å². The Morgan fingerprint density at radius 1 is 1.29 bits per heavy atom. The van der Waals surface area contributed by atoms with Gasteiger partial charge in [0.05, 0.1) is 21.3 Å². The second-order valence-corrected chi connectivity index (χ2v) is 8.96. The van der Waals surface area contributed by atoms with E-state index in [1.165, 1.54) is 16.2 Å². The summed E-state index contributed by atoms with van der Waals surface area (Å²) in [6.07, 6.45) is 0. The Bertz CT molecular complexity index is 1050. The summed E-state index contributed by atoms with van der Waals surface area (Å²) < 4.78 is 7.04. The number of halogens is 1. The average molecular weight is 420 g/mol. The molecule has 0 fully saturated rings. The fraction of sp³-hybridized carbons (Fsp3) is 0.350. The van der Waals surface area contributed by atoms with E-state index in [9.17, 15) is 9.59 Å². The van der Waals surface area contributed by atoms with Gasteiger partial charge in [0, 0.05) is 12.4 Å². The largest absolute Gasteiger partial charge is 0.459 e. The highest BCUT2D eigenvalue weighted by Crippen LogP contribution is 2.32. The molecule has 2 aromatic heterocycles. The zero-order chi connectivity index (χ0) is 20.6. The average Bonchev–Trinajstić information content (AvgIpc) is 3.14. The molecule has 0 atom stereocenters. The Morgan fingerprint density at radius 2 is 1.96 bits per heavy atom. The van der Waals surface area contributed by atoms with Crippen LogP contribution in [0.1, 0.15) is 36.1 Å². The molecule has 148 valence electrons. The highest BCUT2D eigenvalue weighted by Gasteiger charge is 2.23. The summed E-state index contributed by atoms with van der Waals surface area (Å²) in [5.41, 5.74) is 0.971. The van der Waals surface area contributed by atoms with Gasteiger partial charge in [0.1, 0.15) is 17.0 Å². The number of likely N-dealkylation sites (N-methyl/N-ethyl adjacent to an activating group) is 1. The van der Waals surface area contributed by atoms with E-state index < -0.39 is 11.6 Å². The lowest BCUT2D eigenvalue weighted by Crippen LogP contribution is -2.35. The molecule has 0 aliphatic heterocycles. The number of hydrogen-bond donors (Lipinski definition) is 0. The first kappa shape index (κ1) is 20.4. The maximum absolute atomic E-state index is 12.8. The molecule has 0 unspecified atom stereocenters. The van der Waals surface area contributed by atoms with Crippen molar-refractivity contribution in [2.45, 2.75) is 33.3 Å². The third kappa shape index (κ3) is 4.20. The molecule has 1 amide bonds. The summed E-state index contributed by atoms with van der Waals surface area (Å²) in [5, 5.41) is 6.03. The summed E-state index contributed by atoms with van der Waals surface area (Å²) in [7, 11) is 1.59. The Balaban J connectivity index is 1.88. The minimum atomic E-state index is -0.589. The number of para-hydroxylation sites is 1. The molecule has 6 nitrogen and oxygen atoms in total. The van der Waals surface area contributed by atoms with Gasteiger partial charge in [-0.1, -0.05) is 23.7 Å². The minimum absolute atomic E-state index is 0.111. The topological polar surface area (TPSA) is 64.4 Å². The fourth-order valence-electron chi connectivity index (χ4n) is 2.77. The zero-order valence-electron chi connectivity index (χ0n) is 16.4. The number of thiophene rings is 1. The first-order chi connectivity index (χ1) is 13.1. The molecule has 3 rings (SSSR count). The van der Waals surface area contributed by atoms with E-state index in [1.54, 1.807) is 38.6 Å². The number of nitrogens with zero attached hydrogens (tertiary/aromatic N) is 3. The number of ether oxygens (including phenoxy) is 1. The molecular weight excluding hydrogens is 398 g/mol. The Morgan fingerprint density at radius 3 is 2.61 bits per heavy atom. The second kappa shape index (κ2) is 7.56. The number of aromatic nitrogens is 2. The summed E-state index contributed by atoms with van der Waals surface area (Å²) in [4.78, 5) is 27.6. The molecule has 0 aliphatic rings. The van der Waals surface area contributed by atoms with Gasteiger partial charge in [-0.05, 0) is 45.9 Å². The van der Waals surface area contributed by atoms with Crippen molar-refractivity contribution in [2.24, 2.45) is 0 Å². The van der Waals surface area contributed by atoms with Crippen molar-refractivity contribution in [3.63, 3.8) is 0 Å². The van der Waals surface area contributed by atoms with Crippen LogP contribution in [-0.2, 0) is 9.53 Å². The van der Waals surface area contributed by atoms with Crippen molar-refractivity contribution >= 4 is 45.0 Å². The molecule has 0 saturated heterocycles. The molecule has 0 spiro atoms. The quantitative estimate of drug-likeness (QED) is 0.585. The zero-order valence-corrected chi connectivity index (χ0v) is 18.0. The van der Waals surface area contributed by atoms with Crippen LogP contribution in [0.4, 0.5) is 0 Å². The molecule has 0 aliphatic carbocycles. The van der Waals surface area contributed by atoms with E-state index in [4.69, 9.17) is 16.3 Å². The number of fused-ring (bicyclic) bond motifs is 1. The molecule has 1 aromatic carbocycles. The summed E-state index contributed by atoms with van der Waals surface area (Å²) in [5.74, 6) is -0.681. The molecule has 0 bridgehead atoms. The van der Waals surface area contributed by atoms with Gasteiger partial charge in [-0.2, -0.15) is 5.10 Å². The van der Waals surface area contributed by atoms with Gasteiger partial charge in [-0.15, -0.1) is 11.3 Å². The number of rotatable bonds is 4. The van der Waals surface area contributed by atoms with E-state index in [2.05, 4.69) is 5.10 Å². The summed E-state index contributed by atoms with van der Waals surface area (Å²) >= 11 is 7.64. The SMILES string of the molecule is Cc1nn(-c2ccccc2Cl)c2sc(C(=O)N(C)CC(=O)OC(C)(C)C)cc12. The van der Waals surface area contributed by atoms with Crippen molar-refractivity contribution in [3.05, 3.63) is 45.9 Å². The first-order valence-electron chi connectivity index (χ1n) is 8.78. The van der Waals surface area contributed by atoms with Crippen molar-refractivity contribution < 1.29 is 14.3 Å². The van der Waals surface area contributed by atoms with Crippen LogP contribution in [0.5, 0.6) is 0 Å². The first-order valence-corrected chi connectivity index (χ1v) is 9.97. The Hall–Kier alpha value is -2.38. The van der Waals surface area contributed by atoms with E-state index in [0.29, 0.717) is 9.90 Å². The Labute approximate surface area is 172 Å². The Kier molecular flexibility index (Phi) is 5.50. The predicted octanol–water partition coefficient (Wildman–Crippen LogP) is 4.46. The smallest absolute Gasteiger partial charge is 0.326 e. The second-order valence-electron chi connectivity index (χ2n) is 7.53. The van der Waals surface area contributed by atoms with E-state index in [-0.39, 0.29) is 12.5 Å². The van der Waals surface area contributed by atoms with E-state index >= 15 is 0 Å². The van der Waals surface area contributed by atoms with Crippen molar-refractivity contribution in [1.82, 2.24) is 14.7 Å². The van der Waals surface area contributed by atoms with Crippen molar-refractivity contribution in [3.8, 4) is 5.69 Å². The van der Waals surface area contributed by atoms with Gasteiger partial charge in [0.25, 0.3) is 5.91 Å². The van der Waals surface area contributed by atoms with Crippen molar-refractivity contribution in [1.29, 1.82) is 0 Å². The fourth-order valence-corrected chi connectivity index (χ4v) is 4.15. The number of carbonyl (C=O) groups is 2. The molecule has 3 aromatic rings. The molecule has 8 heteroatoms. The molecule has 2 heterocycles. The number of carbonyl (C=O) groups excluding carboxylic acids is 2. The van der Waals surface area contributed by atoms with Crippen LogP contribution in [0.2, 0.25) is 5.02 Å². The lowest BCUT2D eigenvalue weighted by atomic mass is 10.2. The van der Waals surface area contributed by atoms with Crippen LogP contribution in [0, 0.1) is 6.92 Å². The van der Waals surface area contributed by atoms with Crippen LogP contribution in [0.25, 0.3) is 15.9 Å². The van der Waals surface area contributed by atoms with E-state index in [0.717, 1.165) is 21.6 Å². The third-order valence-electron chi connectivity index (χ3n) is 3.97. The molecule has 0 radical (unpaired) electrons. The number of benzene rings is 1. The van der Waals surface area contributed by atoms with Crippen LogP contribution < -0.4 is 0 Å². The highest BCUT2D eigenvalue weighted by molar-refractivity contribution is 7.20. The van der Waals surface area contributed by atoms with Gasteiger partial charge in [0.15, 0.2) is 0 Å². The van der Waals surface area contributed by atoms with Gasteiger partial charge >= 0.3 is 5.97 Å². The standard InChI is InChI=1S/C20H22ClN3O3S/c1-12-13-10-16(18(26)23(5)11-17(25)27-20(2,3)4)28-19(13)24(22-12)15-9-7-6-8-14(15)21/h6-10H,11H2,1-5H3. The van der Waals surface area contributed by atoms with Crippen LogP contribution >= 0.6 is 22.9 Å².